The fourth-order valence-corrected chi connectivity index (χ4v) is 1.80. The normalized spacial score (nSPS) is 21.1. The van der Waals surface area contributed by atoms with Crippen molar-refractivity contribution in [2.24, 2.45) is 0 Å². The number of thioether (sulfide) groups is 2. The molecular formula is C3H2O2S2. The van der Waals surface area contributed by atoms with Gasteiger partial charge in [0.1, 0.15) is 0 Å². The predicted molar refractivity (Wildman–Crippen MR) is 30.5 cm³/mol. The fourth-order valence-electron chi connectivity index (χ4n) is 0.270. The number of carbonyl (C=O) groups excluding carboxylic acids is 2. The van der Waals surface area contributed by atoms with Gasteiger partial charge in [0.15, 0.2) is 0 Å². The fraction of sp³-hybridized carbons (Fsp3) is 0.333. The van der Waals surface area contributed by atoms with Gasteiger partial charge in [-0.2, -0.15) is 0 Å². The van der Waals surface area contributed by atoms with Gasteiger partial charge in [-0.05, 0) is 11.8 Å². The Morgan fingerprint density at radius 1 is 1.43 bits per heavy atom. The molecule has 1 fully saturated rings. The zero-order valence-electron chi connectivity index (χ0n) is 3.34. The lowest BCUT2D eigenvalue weighted by Crippen LogP contribution is -1.82. The highest BCUT2D eigenvalue weighted by molar-refractivity contribution is 8.48. The topological polar surface area (TPSA) is 34.1 Å². The molecule has 0 aromatic heterocycles. The van der Waals surface area contributed by atoms with Crippen LogP contribution in [0, 0.1) is 0 Å². The summed E-state index contributed by atoms with van der Waals surface area (Å²) in [6, 6.07) is 0. The molecule has 38 valence electrons. The highest BCUT2D eigenvalue weighted by Crippen LogP contribution is 2.26. The third kappa shape index (κ3) is 1.21. The third-order valence-corrected chi connectivity index (χ3v) is 2.47. The maximum Gasteiger partial charge on any atom is 0.254 e. The van der Waals surface area contributed by atoms with E-state index in [1.807, 2.05) is 0 Å². The monoisotopic (exact) mass is 134 g/mol. The Hall–Kier alpha value is 0.0400. The maximum atomic E-state index is 10.2. The zero-order valence-corrected chi connectivity index (χ0v) is 4.97. The number of hydrogen-bond acceptors (Lipinski definition) is 4. The second-order valence-electron chi connectivity index (χ2n) is 1.01. The molecule has 7 heavy (non-hydrogen) atoms. The van der Waals surface area contributed by atoms with Crippen LogP contribution in [0.3, 0.4) is 0 Å². The van der Waals surface area contributed by atoms with Gasteiger partial charge in [0.25, 0.3) is 4.45 Å². The van der Waals surface area contributed by atoms with Crippen LogP contribution in [0.25, 0.3) is 0 Å². The van der Waals surface area contributed by atoms with Crippen molar-refractivity contribution in [3.05, 3.63) is 0 Å². The quantitative estimate of drug-likeness (QED) is 0.497. The molecule has 4 heteroatoms. The van der Waals surface area contributed by atoms with Crippen molar-refractivity contribution < 1.29 is 9.59 Å². The summed E-state index contributed by atoms with van der Waals surface area (Å²) in [6.07, 6.45) is 0. The summed E-state index contributed by atoms with van der Waals surface area (Å²) in [4.78, 5) is 20.3. The van der Waals surface area contributed by atoms with Crippen molar-refractivity contribution in [1.82, 2.24) is 0 Å². The predicted octanol–water partition coefficient (Wildman–Crippen LogP) is 1.11. The summed E-state index contributed by atoms with van der Waals surface area (Å²) in [7, 11) is 0. The van der Waals surface area contributed by atoms with E-state index in [1.165, 1.54) is 0 Å². The highest BCUT2D eigenvalue weighted by Gasteiger charge is 2.19. The van der Waals surface area contributed by atoms with Gasteiger partial charge in [-0.1, -0.05) is 11.8 Å². The van der Waals surface area contributed by atoms with Crippen molar-refractivity contribution in [2.75, 3.05) is 5.75 Å². The largest absolute Gasteiger partial charge is 0.286 e. The second kappa shape index (κ2) is 1.88. The van der Waals surface area contributed by atoms with Crippen molar-refractivity contribution in [2.45, 2.75) is 0 Å². The molecule has 0 N–H and O–H groups in total. The summed E-state index contributed by atoms with van der Waals surface area (Å²) in [6.45, 7) is 0. The molecule has 1 heterocycles. The van der Waals surface area contributed by atoms with Crippen LogP contribution in [0.4, 0.5) is 4.79 Å². The van der Waals surface area contributed by atoms with Crippen LogP contribution >= 0.6 is 23.5 Å². The molecule has 0 saturated carbocycles. The van der Waals surface area contributed by atoms with E-state index < -0.39 is 0 Å². The van der Waals surface area contributed by atoms with Gasteiger partial charge in [-0.15, -0.1) is 0 Å². The average molecular weight is 134 g/mol. The molecule has 0 aromatic carbocycles. The van der Waals surface area contributed by atoms with E-state index in [0.29, 0.717) is 5.75 Å². The van der Waals surface area contributed by atoms with Crippen LogP contribution in [0.15, 0.2) is 0 Å². The summed E-state index contributed by atoms with van der Waals surface area (Å²) in [5.74, 6) is 0.365. The van der Waals surface area contributed by atoms with Gasteiger partial charge >= 0.3 is 0 Å². The number of carbonyl (C=O) groups is 2. The molecule has 0 aromatic rings. The molecule has 0 atom stereocenters. The van der Waals surface area contributed by atoms with Gasteiger partial charge in [0.05, 0.1) is 5.75 Å². The molecule has 0 amide bonds. The first-order valence-electron chi connectivity index (χ1n) is 1.66. The highest BCUT2D eigenvalue weighted by atomic mass is 32.2. The minimum Gasteiger partial charge on any atom is -0.286 e. The van der Waals surface area contributed by atoms with Crippen LogP contribution in [-0.4, -0.2) is 15.3 Å². The standard InChI is InChI=1S/C3H2O2S2/c4-2-1-6-3(5)7-2/h1H2. The minimum atomic E-state index is -0.0648. The molecule has 2 nitrogen and oxygen atoms in total. The molecule has 0 spiro atoms. The van der Waals surface area contributed by atoms with E-state index in [1.54, 1.807) is 0 Å². The summed E-state index contributed by atoms with van der Waals surface area (Å²) < 4.78 is -0.0648. The molecule has 1 rings (SSSR count). The van der Waals surface area contributed by atoms with E-state index >= 15 is 0 Å². The Bertz CT molecular complexity index is 106. The smallest absolute Gasteiger partial charge is 0.254 e. The number of hydrogen-bond donors (Lipinski definition) is 0. The van der Waals surface area contributed by atoms with Crippen LogP contribution in [-0.2, 0) is 4.79 Å². The molecule has 0 aliphatic carbocycles. The summed E-state index contributed by atoms with van der Waals surface area (Å²) in [5, 5.41) is -0.0185. The lowest BCUT2D eigenvalue weighted by atomic mass is 10.9. The van der Waals surface area contributed by atoms with Crippen molar-refractivity contribution >= 4 is 33.1 Å². The minimum absolute atomic E-state index is 0.0185. The van der Waals surface area contributed by atoms with Gasteiger partial charge in [0, 0.05) is 0 Å². The van der Waals surface area contributed by atoms with Gasteiger partial charge in [0.2, 0.25) is 5.12 Å². The molecule has 1 aliphatic rings. The lowest BCUT2D eigenvalue weighted by Gasteiger charge is -1.69. The first kappa shape index (κ1) is 5.18. The van der Waals surface area contributed by atoms with E-state index in [2.05, 4.69) is 0 Å². The molecular weight excluding hydrogens is 132 g/mol. The summed E-state index contributed by atoms with van der Waals surface area (Å²) >= 11 is 1.89. The lowest BCUT2D eigenvalue weighted by molar-refractivity contribution is -0.108. The Balaban J connectivity index is 2.55. The summed E-state index contributed by atoms with van der Waals surface area (Å²) in [5.41, 5.74) is 0. The van der Waals surface area contributed by atoms with Gasteiger partial charge in [-0.3, -0.25) is 9.59 Å². The van der Waals surface area contributed by atoms with Gasteiger partial charge < -0.3 is 0 Å². The van der Waals surface area contributed by atoms with E-state index in [0.717, 1.165) is 23.5 Å². The van der Waals surface area contributed by atoms with Crippen LogP contribution in [0.2, 0.25) is 0 Å². The van der Waals surface area contributed by atoms with Crippen molar-refractivity contribution in [1.29, 1.82) is 0 Å². The molecule has 0 radical (unpaired) electrons. The Morgan fingerprint density at radius 3 is 2.29 bits per heavy atom. The van der Waals surface area contributed by atoms with Gasteiger partial charge in [-0.25, -0.2) is 0 Å². The van der Waals surface area contributed by atoms with Crippen LogP contribution in [0.5, 0.6) is 0 Å². The molecule has 0 unspecified atom stereocenters. The van der Waals surface area contributed by atoms with Crippen molar-refractivity contribution in [3.8, 4) is 0 Å². The maximum absolute atomic E-state index is 10.2. The number of rotatable bonds is 0. The first-order valence-corrected chi connectivity index (χ1v) is 3.46. The molecule has 1 aliphatic heterocycles. The Morgan fingerprint density at radius 2 is 2.14 bits per heavy atom. The van der Waals surface area contributed by atoms with E-state index in [4.69, 9.17) is 0 Å². The van der Waals surface area contributed by atoms with E-state index in [-0.39, 0.29) is 9.56 Å². The zero-order chi connectivity index (χ0) is 5.28. The van der Waals surface area contributed by atoms with Crippen LogP contribution in [0.1, 0.15) is 0 Å². The van der Waals surface area contributed by atoms with Crippen molar-refractivity contribution in [3.63, 3.8) is 0 Å². The van der Waals surface area contributed by atoms with E-state index in [9.17, 15) is 9.59 Å². The third-order valence-electron chi connectivity index (χ3n) is 0.505. The average Bonchev–Trinajstić information content (AvgIpc) is 1.87. The second-order valence-corrected chi connectivity index (χ2v) is 3.25. The SMILES string of the molecule is O=C1CSC(=O)S1. The Kier molecular flexibility index (Phi) is 1.39. The molecule has 1 saturated heterocycles. The first-order chi connectivity index (χ1) is 3.29. The Labute approximate surface area is 49.0 Å². The molecule has 0 bridgehead atoms. The van der Waals surface area contributed by atoms with Crippen LogP contribution < -0.4 is 0 Å².